The number of unbranched alkanes of at least 4 members (excludes halogenated alkanes) is 1. The largest absolute Gasteiger partial charge is 0.390 e. The summed E-state index contributed by atoms with van der Waals surface area (Å²) in [6.45, 7) is 32.8. The molecule has 6 N–H and O–H groups in total. The summed E-state index contributed by atoms with van der Waals surface area (Å²) in [6.07, 6.45) is 4.80. The smallest absolute Gasteiger partial charge is 0.259 e. The van der Waals surface area contributed by atoms with Crippen molar-refractivity contribution < 1.29 is 57.8 Å². The topological polar surface area (TPSA) is 291 Å². The van der Waals surface area contributed by atoms with Gasteiger partial charge in [0.2, 0.25) is 59.1 Å². The zero-order chi connectivity index (χ0) is 71.8. The summed E-state index contributed by atoms with van der Waals surface area (Å²) in [5.74, 6) is -9.63. The van der Waals surface area contributed by atoms with Gasteiger partial charge in [0.15, 0.2) is 4.87 Å². The molecular weight excluding hydrogens is 1210 g/mol. The molecule has 1 saturated heterocycles. The van der Waals surface area contributed by atoms with Crippen molar-refractivity contribution in [3.8, 4) is 0 Å². The standard InChI is InChI=1S/C68H124N12O12S/c1-26-29-31-46(16)57(82)56-61(86)72-49(28-3)63(88)74(19)39-54(81)75(20)50(35-40(4)5)60(85)73-55(44(12)13)66(91)76(21)51(36-41(6)7)59(84)70-47(17)58(83)71-48(18)62(87)77(22)52(37-42(8)9)64(89)78(23)53(38-43(10)11)65(90)80(25)68(45(14)15,67(92)79(56)24)93-34-33-69-32-30-27-2/h26,29,40-53,55-57,69,82H,27-28,30-39H2,1-25H3,(H,70,84)(H,71,83)(H,72,86)(H,73,85)/b29-26+/t46-,47+,48-,49+,50+,51+,52+,53+,55+,56+,57-,68+/m1/s1. The highest BCUT2D eigenvalue weighted by atomic mass is 32.2. The van der Waals surface area contributed by atoms with E-state index in [-0.39, 0.29) is 55.8 Å². The van der Waals surface area contributed by atoms with Gasteiger partial charge < -0.3 is 66.0 Å². The molecule has 93 heavy (non-hydrogen) atoms. The third-order valence-corrected chi connectivity index (χ3v) is 19.4. The fourth-order valence-corrected chi connectivity index (χ4v) is 13.1. The molecule has 0 bridgehead atoms. The lowest BCUT2D eigenvalue weighted by molar-refractivity contribution is -0.159. The minimum Gasteiger partial charge on any atom is -0.390 e. The van der Waals surface area contributed by atoms with Crippen LogP contribution >= 0.6 is 11.8 Å². The fourth-order valence-electron chi connectivity index (χ4n) is 11.6. The Bertz CT molecular complexity index is 2510. The maximum absolute atomic E-state index is 16.2. The van der Waals surface area contributed by atoms with Crippen molar-refractivity contribution in [3.05, 3.63) is 12.2 Å². The van der Waals surface area contributed by atoms with Gasteiger partial charge in [-0.3, -0.25) is 52.7 Å². The monoisotopic (exact) mass is 1330 g/mol. The van der Waals surface area contributed by atoms with E-state index in [1.807, 2.05) is 68.4 Å². The minimum absolute atomic E-state index is 0.0112. The quantitative estimate of drug-likeness (QED) is 0.0632. The average molecular weight is 1330 g/mol. The van der Waals surface area contributed by atoms with E-state index in [1.54, 1.807) is 47.6 Å². The van der Waals surface area contributed by atoms with Gasteiger partial charge >= 0.3 is 0 Å². The van der Waals surface area contributed by atoms with Crippen LogP contribution in [0.3, 0.4) is 0 Å². The van der Waals surface area contributed by atoms with Crippen LogP contribution in [0.4, 0.5) is 0 Å². The van der Waals surface area contributed by atoms with Crippen LogP contribution in [0.2, 0.25) is 0 Å². The molecule has 0 saturated carbocycles. The number of allylic oxidation sites excluding steroid dienone is 2. The highest BCUT2D eigenvalue weighted by Gasteiger charge is 2.54. The van der Waals surface area contributed by atoms with Gasteiger partial charge in [-0.15, -0.1) is 11.8 Å². The van der Waals surface area contributed by atoms with Gasteiger partial charge in [-0.2, -0.15) is 0 Å². The highest BCUT2D eigenvalue weighted by Crippen LogP contribution is 2.40. The number of nitrogens with zero attached hydrogens (tertiary/aromatic N) is 7. The summed E-state index contributed by atoms with van der Waals surface area (Å²) in [5.41, 5.74) is 0. The summed E-state index contributed by atoms with van der Waals surface area (Å²) in [7, 11) is 10.1. The van der Waals surface area contributed by atoms with Crippen LogP contribution in [-0.4, -0.2) is 244 Å². The molecule has 0 aliphatic carbocycles. The SMILES string of the molecule is C/C=C/C[C@@H](C)[C@@H](O)[C@H]1C(=O)N[C@@H](CC)C(=O)N(C)CC(=O)N(C)[C@@H](CC(C)C)C(=O)N[C@@H](C(C)C)C(=O)N(C)[C@@H](CC(C)C)C(=O)N[C@@H](C)C(=O)N[C@H](C)C(=O)N(C)[C@@H](CC(C)C)C(=O)N(C)[C@@H](CC(C)C)C(=O)N(C)[C@](SCCNCCCC)(C(C)C)C(=O)N1C. The number of carbonyl (C=O) groups is 11. The van der Waals surface area contributed by atoms with Crippen LogP contribution in [0, 0.1) is 41.4 Å². The number of amides is 11. The van der Waals surface area contributed by atoms with Crippen molar-refractivity contribution in [2.75, 3.05) is 74.7 Å². The van der Waals surface area contributed by atoms with Crippen molar-refractivity contribution in [1.82, 2.24) is 60.9 Å². The Kier molecular flexibility index (Phi) is 36.6. The van der Waals surface area contributed by atoms with Crippen molar-refractivity contribution in [2.24, 2.45) is 41.4 Å². The first kappa shape index (κ1) is 85.2. The number of nitrogens with one attached hydrogen (secondary N) is 5. The second kappa shape index (κ2) is 39.9. The first-order chi connectivity index (χ1) is 43.1. The molecule has 0 aromatic carbocycles. The van der Waals surface area contributed by atoms with Crippen LogP contribution in [0.1, 0.15) is 176 Å². The maximum Gasteiger partial charge on any atom is 0.259 e. The number of hydrogen-bond donors (Lipinski definition) is 6. The van der Waals surface area contributed by atoms with Crippen molar-refractivity contribution >= 4 is 76.7 Å². The van der Waals surface area contributed by atoms with Gasteiger partial charge in [-0.1, -0.05) is 122 Å². The van der Waals surface area contributed by atoms with Gasteiger partial charge in [0, 0.05) is 61.6 Å². The van der Waals surface area contributed by atoms with Gasteiger partial charge in [-0.05, 0) is 114 Å². The van der Waals surface area contributed by atoms with E-state index in [0.717, 1.165) is 22.6 Å². The third-order valence-electron chi connectivity index (χ3n) is 17.6. The second-order valence-corrected chi connectivity index (χ2v) is 29.4. The number of aliphatic hydroxyl groups excluding tert-OH is 1. The van der Waals surface area contributed by atoms with Crippen molar-refractivity contribution in [3.63, 3.8) is 0 Å². The number of hydrogen-bond acceptors (Lipinski definition) is 14. The normalized spacial score (nSPS) is 26.4. The third kappa shape index (κ3) is 24.1. The number of thioether (sulfide) groups is 1. The summed E-state index contributed by atoms with van der Waals surface area (Å²) in [4.78, 5) is 171. The maximum atomic E-state index is 16.2. The molecule has 1 aliphatic rings. The zero-order valence-electron chi connectivity index (χ0n) is 61.4. The molecule has 534 valence electrons. The molecule has 0 radical (unpaired) electrons. The summed E-state index contributed by atoms with van der Waals surface area (Å²) in [5, 5.41) is 27.0. The van der Waals surface area contributed by atoms with Crippen molar-refractivity contribution in [1.29, 1.82) is 0 Å². The lowest BCUT2D eigenvalue weighted by Gasteiger charge is -2.48. The van der Waals surface area contributed by atoms with Crippen LogP contribution in [0.15, 0.2) is 12.2 Å². The number of rotatable bonds is 22. The first-order valence-electron chi connectivity index (χ1n) is 33.9. The van der Waals surface area contributed by atoms with Crippen LogP contribution in [-0.2, 0) is 52.7 Å². The molecule has 1 fully saturated rings. The summed E-state index contributed by atoms with van der Waals surface area (Å²) >= 11 is 1.19. The van der Waals surface area contributed by atoms with Gasteiger partial charge in [0.25, 0.3) is 5.91 Å². The molecule has 0 unspecified atom stereocenters. The van der Waals surface area contributed by atoms with Gasteiger partial charge in [-0.25, -0.2) is 0 Å². The predicted octanol–water partition coefficient (Wildman–Crippen LogP) is 4.72. The predicted molar refractivity (Wildman–Crippen MR) is 368 cm³/mol. The number of aliphatic hydroxyl groups is 1. The summed E-state index contributed by atoms with van der Waals surface area (Å²) < 4.78 is 0. The first-order valence-corrected chi connectivity index (χ1v) is 34.8. The van der Waals surface area contributed by atoms with Crippen LogP contribution in [0.5, 0.6) is 0 Å². The Morgan fingerprint density at radius 3 is 1.52 bits per heavy atom. The molecule has 1 heterocycles. The minimum atomic E-state index is -1.82. The molecule has 1 aliphatic heterocycles. The van der Waals surface area contributed by atoms with Crippen molar-refractivity contribution in [2.45, 2.75) is 241 Å². The summed E-state index contributed by atoms with van der Waals surface area (Å²) in [6, 6.07) is -11.3. The molecule has 11 amide bonds. The van der Waals surface area contributed by atoms with E-state index in [1.165, 1.54) is 99.4 Å². The molecule has 0 aromatic heterocycles. The van der Waals surface area contributed by atoms with Gasteiger partial charge in [0.1, 0.15) is 54.4 Å². The van der Waals surface area contributed by atoms with E-state index in [4.69, 9.17) is 0 Å². The van der Waals surface area contributed by atoms with Gasteiger partial charge in [0.05, 0.1) is 12.6 Å². The molecular formula is C68H124N12O12S. The van der Waals surface area contributed by atoms with E-state index in [0.29, 0.717) is 25.3 Å². The van der Waals surface area contributed by atoms with Crippen LogP contribution in [0.25, 0.3) is 0 Å². The molecule has 0 aromatic rings. The average Bonchev–Trinajstić information content (AvgIpc) is 0.775. The Balaban J connectivity index is 4.57. The van der Waals surface area contributed by atoms with E-state index >= 15 is 19.2 Å². The number of likely N-dealkylation sites (N-methyl/N-ethyl adjacent to an activating group) is 7. The highest BCUT2D eigenvalue weighted by molar-refractivity contribution is 8.01. The Hall–Kier alpha value is -5.82. The van der Waals surface area contributed by atoms with E-state index in [2.05, 4.69) is 33.5 Å². The Morgan fingerprint density at radius 1 is 0.559 bits per heavy atom. The van der Waals surface area contributed by atoms with E-state index in [9.17, 15) is 38.7 Å². The fraction of sp³-hybridized carbons (Fsp3) is 0.809. The molecule has 25 heteroatoms. The number of carbonyl (C=O) groups excluding carboxylic acids is 11. The second-order valence-electron chi connectivity index (χ2n) is 28.1. The lowest BCUT2D eigenvalue weighted by atomic mass is 9.91. The Labute approximate surface area is 562 Å². The lowest BCUT2D eigenvalue weighted by Crippen LogP contribution is -2.68. The zero-order valence-corrected chi connectivity index (χ0v) is 62.2. The van der Waals surface area contributed by atoms with Crippen LogP contribution < -0.4 is 26.6 Å². The Morgan fingerprint density at radius 2 is 1.03 bits per heavy atom. The van der Waals surface area contributed by atoms with E-state index < -0.39 is 155 Å². The molecule has 0 spiro atoms. The molecule has 12 atom stereocenters. The molecule has 1 rings (SSSR count). The molecule has 24 nitrogen and oxygen atoms in total.